The molecule has 7 heteroatoms. The molecule has 7 nitrogen and oxygen atoms in total. The first-order valence-electron chi connectivity index (χ1n) is 12.5. The Balaban J connectivity index is 1.55. The average Bonchev–Trinajstić information content (AvgIpc) is 3.34. The van der Waals surface area contributed by atoms with Gasteiger partial charge in [0.1, 0.15) is 17.0 Å². The first-order chi connectivity index (χ1) is 17.7. The summed E-state index contributed by atoms with van der Waals surface area (Å²) in [4.78, 5) is 41.8. The highest BCUT2D eigenvalue weighted by Crippen LogP contribution is 2.52. The number of benzene rings is 3. The number of imide groups is 1. The number of carboxylic acids is 1. The van der Waals surface area contributed by atoms with Crippen LogP contribution in [0.15, 0.2) is 78.9 Å². The minimum Gasteiger partial charge on any atom is -0.480 e. The van der Waals surface area contributed by atoms with Crippen LogP contribution in [0.25, 0.3) is 0 Å². The van der Waals surface area contributed by atoms with Crippen LogP contribution in [0, 0.1) is 24.7 Å². The van der Waals surface area contributed by atoms with Gasteiger partial charge in [0.05, 0.1) is 17.5 Å². The summed E-state index contributed by atoms with van der Waals surface area (Å²) < 4.78 is 5.90. The van der Waals surface area contributed by atoms with E-state index in [1.54, 1.807) is 24.3 Å². The van der Waals surface area contributed by atoms with E-state index in [9.17, 15) is 19.5 Å². The molecule has 4 unspecified atom stereocenters. The summed E-state index contributed by atoms with van der Waals surface area (Å²) in [6.45, 7) is 5.68. The number of hydrogen-bond acceptors (Lipinski definition) is 5. The van der Waals surface area contributed by atoms with Gasteiger partial charge >= 0.3 is 5.97 Å². The lowest BCUT2D eigenvalue weighted by Crippen LogP contribution is -2.56. The number of nitrogens with one attached hydrogen (secondary N) is 1. The van der Waals surface area contributed by atoms with Crippen molar-refractivity contribution in [3.05, 3.63) is 90.0 Å². The van der Waals surface area contributed by atoms with Crippen LogP contribution in [0.4, 0.5) is 5.69 Å². The van der Waals surface area contributed by atoms with E-state index in [0.717, 1.165) is 11.1 Å². The molecule has 0 spiro atoms. The van der Waals surface area contributed by atoms with Crippen LogP contribution in [-0.4, -0.2) is 28.4 Å². The Morgan fingerprint density at radius 3 is 2.19 bits per heavy atom. The van der Waals surface area contributed by atoms with E-state index in [-0.39, 0.29) is 18.2 Å². The number of carbonyl (C=O) groups excluding carboxylic acids is 2. The van der Waals surface area contributed by atoms with Gasteiger partial charge in [0, 0.05) is 6.04 Å². The van der Waals surface area contributed by atoms with Crippen LogP contribution >= 0.6 is 0 Å². The zero-order chi connectivity index (χ0) is 26.3. The fraction of sp³-hybridized carbons (Fsp3) is 0.300. The summed E-state index contributed by atoms with van der Waals surface area (Å²) in [6, 6.07) is 23.2. The lowest BCUT2D eigenvalue weighted by molar-refractivity contribution is -0.149. The Morgan fingerprint density at radius 2 is 1.57 bits per heavy atom. The second-order valence-corrected chi connectivity index (χ2v) is 10.3. The zero-order valence-electron chi connectivity index (χ0n) is 21.0. The van der Waals surface area contributed by atoms with Crippen molar-refractivity contribution in [3.8, 4) is 11.5 Å². The largest absolute Gasteiger partial charge is 0.480 e. The van der Waals surface area contributed by atoms with Gasteiger partial charge in [0.2, 0.25) is 11.8 Å². The van der Waals surface area contributed by atoms with E-state index in [2.05, 4.69) is 5.32 Å². The SMILES string of the molecule is Cc1ccccc1N1C(=O)C2C(c3ccc(Oc4ccccc4)cc3)NC(CC(C)C)(C(=O)O)C2C1=O. The fourth-order valence-corrected chi connectivity index (χ4v) is 5.82. The molecule has 2 heterocycles. The summed E-state index contributed by atoms with van der Waals surface area (Å²) in [5.74, 6) is -2.53. The van der Waals surface area contributed by atoms with Gasteiger partial charge in [0.15, 0.2) is 0 Å². The predicted molar refractivity (Wildman–Crippen MR) is 139 cm³/mol. The lowest BCUT2D eigenvalue weighted by atomic mass is 9.75. The van der Waals surface area contributed by atoms with E-state index in [1.165, 1.54) is 4.90 Å². The summed E-state index contributed by atoms with van der Waals surface area (Å²) >= 11 is 0. The normalized spacial score (nSPS) is 25.0. The van der Waals surface area contributed by atoms with Crippen molar-refractivity contribution < 1.29 is 24.2 Å². The van der Waals surface area contributed by atoms with Crippen molar-refractivity contribution in [1.82, 2.24) is 5.32 Å². The van der Waals surface area contributed by atoms with Crippen LogP contribution in [-0.2, 0) is 14.4 Å². The number of aryl methyl sites for hydroxylation is 1. The van der Waals surface area contributed by atoms with Gasteiger partial charge in [-0.15, -0.1) is 0 Å². The maximum absolute atomic E-state index is 13.9. The third kappa shape index (κ3) is 4.19. The molecule has 0 radical (unpaired) electrons. The molecule has 0 aromatic heterocycles. The van der Waals surface area contributed by atoms with Gasteiger partial charge in [-0.3, -0.25) is 19.7 Å². The summed E-state index contributed by atoms with van der Waals surface area (Å²) in [6.07, 6.45) is 0.218. The molecule has 4 atom stereocenters. The van der Waals surface area contributed by atoms with E-state index >= 15 is 0 Å². The molecule has 0 aliphatic carbocycles. The van der Waals surface area contributed by atoms with Crippen molar-refractivity contribution in [2.75, 3.05) is 4.90 Å². The van der Waals surface area contributed by atoms with Gasteiger partial charge in [-0.05, 0) is 60.7 Å². The first-order valence-corrected chi connectivity index (χ1v) is 12.5. The Morgan fingerprint density at radius 1 is 0.946 bits per heavy atom. The van der Waals surface area contributed by atoms with Crippen LogP contribution in [0.5, 0.6) is 11.5 Å². The summed E-state index contributed by atoms with van der Waals surface area (Å²) in [5, 5.41) is 13.7. The van der Waals surface area contributed by atoms with Crippen LogP contribution in [0.2, 0.25) is 0 Å². The standard InChI is InChI=1S/C30H30N2O5/c1-18(2)17-30(29(35)36)25-24(27(33)32(28(25)34)23-12-8-7-9-19(23)3)26(31-30)20-13-15-22(16-14-20)37-21-10-5-4-6-11-21/h4-16,18,24-26,31H,17H2,1-3H3,(H,35,36). The second kappa shape index (κ2) is 9.48. The quantitative estimate of drug-likeness (QED) is 0.440. The Bertz CT molecular complexity index is 1340. The molecule has 2 aliphatic heterocycles. The molecule has 37 heavy (non-hydrogen) atoms. The number of hydrogen-bond donors (Lipinski definition) is 2. The number of carboxylic acid groups (broad SMARTS) is 1. The molecule has 5 rings (SSSR count). The number of carbonyl (C=O) groups is 3. The number of aliphatic carboxylic acids is 1. The lowest BCUT2D eigenvalue weighted by Gasteiger charge is -2.32. The number of ether oxygens (including phenoxy) is 1. The molecule has 2 aliphatic rings. The molecule has 3 aromatic carbocycles. The fourth-order valence-electron chi connectivity index (χ4n) is 5.82. The number of anilines is 1. The molecular formula is C30H30N2O5. The van der Waals surface area contributed by atoms with Gasteiger partial charge < -0.3 is 9.84 Å². The zero-order valence-corrected chi connectivity index (χ0v) is 21.0. The van der Waals surface area contributed by atoms with Crippen molar-refractivity contribution in [2.45, 2.75) is 38.8 Å². The highest BCUT2D eigenvalue weighted by Gasteiger charge is 2.68. The molecule has 0 bridgehead atoms. The van der Waals surface area contributed by atoms with Crippen molar-refractivity contribution in [1.29, 1.82) is 0 Å². The highest BCUT2D eigenvalue weighted by molar-refractivity contribution is 6.24. The Labute approximate surface area is 216 Å². The average molecular weight is 499 g/mol. The molecule has 0 saturated carbocycles. The van der Waals surface area contributed by atoms with E-state index in [4.69, 9.17) is 4.74 Å². The summed E-state index contributed by atoms with van der Waals surface area (Å²) in [5.41, 5.74) is 0.449. The molecule has 2 fully saturated rings. The van der Waals surface area contributed by atoms with Crippen molar-refractivity contribution in [3.63, 3.8) is 0 Å². The van der Waals surface area contributed by atoms with E-state index in [1.807, 2.05) is 75.4 Å². The topological polar surface area (TPSA) is 95.9 Å². The second-order valence-electron chi connectivity index (χ2n) is 10.3. The number of nitrogens with zero attached hydrogens (tertiary/aromatic N) is 1. The van der Waals surface area contributed by atoms with Gasteiger partial charge in [-0.25, -0.2) is 4.90 Å². The monoisotopic (exact) mass is 498 g/mol. The maximum atomic E-state index is 13.9. The molecule has 2 amide bonds. The smallest absolute Gasteiger partial charge is 0.324 e. The third-order valence-corrected chi connectivity index (χ3v) is 7.34. The molecule has 190 valence electrons. The number of fused-ring (bicyclic) bond motifs is 1. The summed E-state index contributed by atoms with van der Waals surface area (Å²) in [7, 11) is 0. The molecular weight excluding hydrogens is 468 g/mol. The predicted octanol–water partition coefficient (Wildman–Crippen LogP) is 5.11. The minimum absolute atomic E-state index is 0.0138. The Hall–Kier alpha value is -3.97. The number of para-hydroxylation sites is 2. The maximum Gasteiger partial charge on any atom is 0.324 e. The van der Waals surface area contributed by atoms with Gasteiger partial charge in [0.25, 0.3) is 0 Å². The van der Waals surface area contributed by atoms with E-state index < -0.39 is 35.3 Å². The van der Waals surface area contributed by atoms with Crippen LogP contribution in [0.3, 0.4) is 0 Å². The number of rotatable bonds is 7. The van der Waals surface area contributed by atoms with Gasteiger partial charge in [-0.1, -0.05) is 62.4 Å². The van der Waals surface area contributed by atoms with Crippen molar-refractivity contribution in [2.24, 2.45) is 17.8 Å². The number of amides is 2. The third-order valence-electron chi connectivity index (χ3n) is 7.34. The van der Waals surface area contributed by atoms with Crippen molar-refractivity contribution >= 4 is 23.5 Å². The highest BCUT2D eigenvalue weighted by atomic mass is 16.5. The molecule has 2 saturated heterocycles. The molecule has 2 N–H and O–H groups in total. The van der Waals surface area contributed by atoms with Crippen LogP contribution in [0.1, 0.15) is 37.4 Å². The van der Waals surface area contributed by atoms with E-state index in [0.29, 0.717) is 17.2 Å². The minimum atomic E-state index is -1.56. The first kappa shape index (κ1) is 24.7. The Kier molecular flexibility index (Phi) is 6.33. The van der Waals surface area contributed by atoms with Crippen LogP contribution < -0.4 is 15.0 Å². The molecule has 3 aromatic rings. The van der Waals surface area contributed by atoms with Gasteiger partial charge in [-0.2, -0.15) is 0 Å².